The van der Waals surface area contributed by atoms with Gasteiger partial charge in [-0.25, -0.2) is 0 Å². The Morgan fingerprint density at radius 3 is 2.95 bits per heavy atom. The van der Waals surface area contributed by atoms with E-state index in [0.717, 1.165) is 17.0 Å². The molecule has 0 amide bonds. The lowest BCUT2D eigenvalue weighted by Crippen LogP contribution is -2.41. The van der Waals surface area contributed by atoms with Gasteiger partial charge in [-0.2, -0.15) is 0 Å². The maximum atomic E-state index is 4.89. The minimum atomic E-state index is 0.338. The Morgan fingerprint density at radius 1 is 1.15 bits per heavy atom. The first-order valence-corrected chi connectivity index (χ1v) is 8.65. The van der Waals surface area contributed by atoms with Crippen LogP contribution in [0.5, 0.6) is 0 Å². The lowest BCUT2D eigenvalue weighted by molar-refractivity contribution is 0.308. The molecule has 3 heterocycles. The van der Waals surface area contributed by atoms with Crippen LogP contribution in [0.1, 0.15) is 30.9 Å². The van der Waals surface area contributed by atoms with Gasteiger partial charge in [0.05, 0.1) is 6.04 Å². The van der Waals surface area contributed by atoms with Gasteiger partial charge in [-0.3, -0.25) is 9.89 Å². The molecule has 1 aromatic rings. The van der Waals surface area contributed by atoms with Crippen LogP contribution in [-0.2, 0) is 0 Å². The van der Waals surface area contributed by atoms with Gasteiger partial charge in [0.2, 0.25) is 0 Å². The Balaban J connectivity index is 1.43. The van der Waals surface area contributed by atoms with Crippen molar-refractivity contribution in [3.8, 4) is 0 Å². The fourth-order valence-corrected chi connectivity index (χ4v) is 4.73. The Bertz CT molecular complexity index is 502. The summed E-state index contributed by atoms with van der Waals surface area (Å²) in [5, 5.41) is 4.88. The van der Waals surface area contributed by atoms with E-state index in [1.54, 1.807) is 0 Å². The highest BCUT2D eigenvalue weighted by Crippen LogP contribution is 2.32. The molecule has 0 aliphatic carbocycles. The third-order valence-electron chi connectivity index (χ3n) is 4.75. The topological polar surface area (TPSA) is 27.6 Å². The molecule has 1 aromatic carbocycles. The summed E-state index contributed by atoms with van der Waals surface area (Å²) in [6.45, 7) is 2.57. The molecule has 3 nitrogen and oxygen atoms in total. The van der Waals surface area contributed by atoms with Crippen LogP contribution in [0.3, 0.4) is 0 Å². The van der Waals surface area contributed by atoms with Gasteiger partial charge in [-0.15, -0.1) is 0 Å². The van der Waals surface area contributed by atoms with Gasteiger partial charge in [-0.05, 0) is 31.4 Å². The summed E-state index contributed by atoms with van der Waals surface area (Å²) in [6.07, 6.45) is 4.01. The number of hydrogen-bond acceptors (Lipinski definition) is 4. The van der Waals surface area contributed by atoms with E-state index in [1.807, 2.05) is 11.8 Å². The fourth-order valence-electron chi connectivity index (χ4n) is 3.71. The van der Waals surface area contributed by atoms with Gasteiger partial charge in [-0.1, -0.05) is 42.1 Å². The molecular weight excluding hydrogens is 266 g/mol. The van der Waals surface area contributed by atoms with E-state index in [9.17, 15) is 0 Å². The SMILES string of the molecule is c1ccc(C2CSC(NC3CCN4CCCC34)=N2)cc1. The van der Waals surface area contributed by atoms with E-state index >= 15 is 0 Å². The van der Waals surface area contributed by atoms with Crippen LogP contribution >= 0.6 is 11.8 Å². The molecule has 0 aromatic heterocycles. The van der Waals surface area contributed by atoms with Crippen molar-refractivity contribution in [3.63, 3.8) is 0 Å². The van der Waals surface area contributed by atoms with Crippen LogP contribution in [0.25, 0.3) is 0 Å². The number of amidine groups is 1. The van der Waals surface area contributed by atoms with Crippen LogP contribution in [0.2, 0.25) is 0 Å². The Kier molecular flexibility index (Phi) is 3.44. The van der Waals surface area contributed by atoms with Gasteiger partial charge in [0, 0.05) is 24.4 Å². The first-order chi connectivity index (χ1) is 9.90. The molecule has 0 radical (unpaired) electrons. The second-order valence-corrected chi connectivity index (χ2v) is 6.97. The van der Waals surface area contributed by atoms with E-state index in [4.69, 9.17) is 4.99 Å². The molecule has 106 valence electrons. The van der Waals surface area contributed by atoms with Crippen molar-refractivity contribution in [3.05, 3.63) is 35.9 Å². The molecule has 4 heteroatoms. The maximum absolute atomic E-state index is 4.89. The van der Waals surface area contributed by atoms with Crippen LogP contribution in [-0.4, -0.2) is 41.0 Å². The van der Waals surface area contributed by atoms with E-state index < -0.39 is 0 Å². The van der Waals surface area contributed by atoms with Crippen molar-refractivity contribution in [1.82, 2.24) is 10.2 Å². The molecule has 20 heavy (non-hydrogen) atoms. The molecule has 4 rings (SSSR count). The predicted molar refractivity (Wildman–Crippen MR) is 85.2 cm³/mol. The number of benzene rings is 1. The second kappa shape index (κ2) is 5.41. The number of aliphatic imine (C=N–C) groups is 1. The predicted octanol–water partition coefficient (Wildman–Crippen LogP) is 2.66. The highest BCUT2D eigenvalue weighted by Gasteiger charge is 2.38. The molecule has 2 saturated heterocycles. The smallest absolute Gasteiger partial charge is 0.157 e. The number of nitrogens with zero attached hydrogens (tertiary/aromatic N) is 2. The lowest BCUT2D eigenvalue weighted by atomic mass is 10.1. The molecule has 0 bridgehead atoms. The molecule has 2 fully saturated rings. The number of fused-ring (bicyclic) bond motifs is 1. The summed E-state index contributed by atoms with van der Waals surface area (Å²) < 4.78 is 0. The average molecular weight is 287 g/mol. The van der Waals surface area contributed by atoms with Crippen molar-refractivity contribution in [2.75, 3.05) is 18.8 Å². The number of thioether (sulfide) groups is 1. The minimum Gasteiger partial charge on any atom is -0.361 e. The van der Waals surface area contributed by atoms with Crippen molar-refractivity contribution in [2.45, 2.75) is 37.4 Å². The molecule has 3 unspecified atom stereocenters. The van der Waals surface area contributed by atoms with Crippen molar-refractivity contribution in [1.29, 1.82) is 0 Å². The van der Waals surface area contributed by atoms with Gasteiger partial charge >= 0.3 is 0 Å². The van der Waals surface area contributed by atoms with Gasteiger partial charge in [0.1, 0.15) is 0 Å². The molecule has 3 aliphatic rings. The van der Waals surface area contributed by atoms with Crippen LogP contribution < -0.4 is 5.32 Å². The van der Waals surface area contributed by atoms with Gasteiger partial charge in [0.25, 0.3) is 0 Å². The number of hydrogen-bond donors (Lipinski definition) is 1. The maximum Gasteiger partial charge on any atom is 0.157 e. The summed E-state index contributed by atoms with van der Waals surface area (Å²) in [4.78, 5) is 7.53. The lowest BCUT2D eigenvalue weighted by Gasteiger charge is -2.21. The van der Waals surface area contributed by atoms with E-state index in [0.29, 0.717) is 12.1 Å². The number of nitrogens with one attached hydrogen (secondary N) is 1. The van der Waals surface area contributed by atoms with Gasteiger partial charge < -0.3 is 5.32 Å². The van der Waals surface area contributed by atoms with Crippen molar-refractivity contribution < 1.29 is 0 Å². The second-order valence-electron chi connectivity index (χ2n) is 5.96. The first kappa shape index (κ1) is 12.7. The third-order valence-corrected chi connectivity index (χ3v) is 5.73. The standard InChI is InChI=1S/C16H21N3S/c1-2-5-12(6-3-1)14-11-20-16(18-14)17-13-8-10-19-9-4-7-15(13)19/h1-3,5-6,13-15H,4,7-11H2,(H,17,18). The number of rotatable bonds is 2. The fraction of sp³-hybridized carbons (Fsp3) is 0.562. The summed E-state index contributed by atoms with van der Waals surface area (Å²) >= 11 is 1.89. The molecule has 3 aliphatic heterocycles. The Morgan fingerprint density at radius 2 is 2.05 bits per heavy atom. The zero-order valence-corrected chi connectivity index (χ0v) is 12.5. The molecule has 3 atom stereocenters. The molecule has 0 saturated carbocycles. The highest BCUT2D eigenvalue weighted by atomic mass is 32.2. The van der Waals surface area contributed by atoms with Crippen LogP contribution in [0, 0.1) is 0 Å². The van der Waals surface area contributed by atoms with Gasteiger partial charge in [0.15, 0.2) is 5.17 Å². The Hall–Kier alpha value is -1.00. The van der Waals surface area contributed by atoms with Crippen molar-refractivity contribution in [2.24, 2.45) is 4.99 Å². The third kappa shape index (κ3) is 2.35. The first-order valence-electron chi connectivity index (χ1n) is 7.66. The van der Waals surface area contributed by atoms with E-state index in [1.165, 1.54) is 37.9 Å². The highest BCUT2D eigenvalue weighted by molar-refractivity contribution is 8.14. The average Bonchev–Trinajstić information content (AvgIpc) is 3.19. The van der Waals surface area contributed by atoms with Crippen LogP contribution in [0.4, 0.5) is 0 Å². The van der Waals surface area contributed by atoms with Crippen molar-refractivity contribution >= 4 is 16.9 Å². The molecule has 1 N–H and O–H groups in total. The molecule has 0 spiro atoms. The van der Waals surface area contributed by atoms with E-state index in [-0.39, 0.29) is 0 Å². The Labute approximate surface area is 124 Å². The van der Waals surface area contributed by atoms with E-state index in [2.05, 4.69) is 40.5 Å². The summed E-state index contributed by atoms with van der Waals surface area (Å²) in [5.74, 6) is 1.08. The summed E-state index contributed by atoms with van der Waals surface area (Å²) in [7, 11) is 0. The largest absolute Gasteiger partial charge is 0.361 e. The summed E-state index contributed by atoms with van der Waals surface area (Å²) in [6, 6.07) is 12.4. The minimum absolute atomic E-state index is 0.338. The summed E-state index contributed by atoms with van der Waals surface area (Å²) in [5.41, 5.74) is 1.34. The normalized spacial score (nSPS) is 33.2. The molecular formula is C16H21N3S. The zero-order valence-electron chi connectivity index (χ0n) is 11.7. The van der Waals surface area contributed by atoms with Crippen LogP contribution in [0.15, 0.2) is 35.3 Å². The monoisotopic (exact) mass is 287 g/mol. The zero-order chi connectivity index (χ0) is 13.4. The quantitative estimate of drug-likeness (QED) is 0.906.